The van der Waals surface area contributed by atoms with Crippen LogP contribution in [-0.4, -0.2) is 37.6 Å². The third kappa shape index (κ3) is 2.78. The Hall–Kier alpha value is -0.0800. The molecule has 1 aliphatic heterocycles. The molecular weight excluding hydrogens is 196 g/mol. The number of hydrogen-bond donors (Lipinski definition) is 1. The Labute approximate surface area is 101 Å². The number of nitrogens with zero attached hydrogens (tertiary/aromatic N) is 1. The topological polar surface area (TPSA) is 15.3 Å². The highest BCUT2D eigenvalue weighted by Gasteiger charge is 2.29. The van der Waals surface area contributed by atoms with Crippen molar-refractivity contribution in [2.75, 3.05) is 26.7 Å². The second-order valence-corrected chi connectivity index (χ2v) is 6.09. The molecule has 0 bridgehead atoms. The van der Waals surface area contributed by atoms with Gasteiger partial charge in [0.2, 0.25) is 0 Å². The van der Waals surface area contributed by atoms with Gasteiger partial charge in [-0.3, -0.25) is 0 Å². The molecule has 1 N–H and O–H groups in total. The highest BCUT2D eigenvalue weighted by atomic mass is 15.1. The van der Waals surface area contributed by atoms with E-state index in [0.717, 1.165) is 23.8 Å². The lowest BCUT2D eigenvalue weighted by Gasteiger charge is -2.38. The minimum absolute atomic E-state index is 0.747. The van der Waals surface area contributed by atoms with Gasteiger partial charge in [0, 0.05) is 19.1 Å². The molecule has 0 aromatic carbocycles. The number of likely N-dealkylation sites (tertiary alicyclic amines) is 1. The van der Waals surface area contributed by atoms with Crippen LogP contribution in [0.15, 0.2) is 0 Å². The summed E-state index contributed by atoms with van der Waals surface area (Å²) in [6.45, 7) is 8.81. The standard InChI is InChI=1S/C14H28N2/c1-11-5-4-6-13(11)10-16-8-7-14(15-3)12(2)9-16/h11-15H,4-10H2,1-3H3. The zero-order valence-electron chi connectivity index (χ0n) is 11.2. The first-order chi connectivity index (χ1) is 7.70. The molecule has 0 aromatic heterocycles. The maximum absolute atomic E-state index is 3.45. The Morgan fingerprint density at radius 3 is 2.50 bits per heavy atom. The molecule has 4 atom stereocenters. The second kappa shape index (κ2) is 5.50. The molecule has 2 rings (SSSR count). The molecule has 94 valence electrons. The van der Waals surface area contributed by atoms with Crippen molar-refractivity contribution in [3.05, 3.63) is 0 Å². The lowest BCUT2D eigenvalue weighted by atomic mass is 9.91. The summed E-state index contributed by atoms with van der Waals surface area (Å²) in [5, 5.41) is 3.45. The van der Waals surface area contributed by atoms with Crippen LogP contribution in [0.1, 0.15) is 39.5 Å². The summed E-state index contributed by atoms with van der Waals surface area (Å²) in [5.74, 6) is 2.77. The lowest BCUT2D eigenvalue weighted by molar-refractivity contribution is 0.124. The average Bonchev–Trinajstić information content (AvgIpc) is 2.65. The third-order valence-corrected chi connectivity index (χ3v) is 4.89. The van der Waals surface area contributed by atoms with E-state index in [9.17, 15) is 0 Å². The Morgan fingerprint density at radius 2 is 1.94 bits per heavy atom. The normalized spacial score (nSPS) is 41.4. The van der Waals surface area contributed by atoms with Crippen molar-refractivity contribution in [3.8, 4) is 0 Å². The smallest absolute Gasteiger partial charge is 0.0114 e. The van der Waals surface area contributed by atoms with Gasteiger partial charge < -0.3 is 10.2 Å². The molecule has 0 radical (unpaired) electrons. The first-order valence-corrected chi connectivity index (χ1v) is 7.10. The highest BCUT2D eigenvalue weighted by molar-refractivity contribution is 4.84. The van der Waals surface area contributed by atoms with Crippen molar-refractivity contribution in [1.29, 1.82) is 0 Å². The molecular formula is C14H28N2. The number of nitrogens with one attached hydrogen (secondary N) is 1. The van der Waals surface area contributed by atoms with E-state index in [4.69, 9.17) is 0 Å². The van der Waals surface area contributed by atoms with Crippen LogP contribution in [0.2, 0.25) is 0 Å². The molecule has 16 heavy (non-hydrogen) atoms. The van der Waals surface area contributed by atoms with E-state index < -0.39 is 0 Å². The fourth-order valence-corrected chi connectivity index (χ4v) is 3.65. The highest BCUT2D eigenvalue weighted by Crippen LogP contribution is 2.32. The van der Waals surface area contributed by atoms with Crippen molar-refractivity contribution in [1.82, 2.24) is 10.2 Å². The predicted molar refractivity (Wildman–Crippen MR) is 69.6 cm³/mol. The summed E-state index contributed by atoms with van der Waals surface area (Å²) >= 11 is 0. The molecule has 2 fully saturated rings. The van der Waals surface area contributed by atoms with E-state index in [1.54, 1.807) is 0 Å². The summed E-state index contributed by atoms with van der Waals surface area (Å²) in [6, 6.07) is 0.747. The van der Waals surface area contributed by atoms with Crippen LogP contribution in [0.5, 0.6) is 0 Å². The molecule has 2 nitrogen and oxygen atoms in total. The summed E-state index contributed by atoms with van der Waals surface area (Å²) in [7, 11) is 2.11. The molecule has 2 aliphatic rings. The Balaban J connectivity index is 1.79. The maximum atomic E-state index is 3.45. The largest absolute Gasteiger partial charge is 0.317 e. The van der Waals surface area contributed by atoms with Crippen LogP contribution in [-0.2, 0) is 0 Å². The minimum Gasteiger partial charge on any atom is -0.317 e. The molecule has 0 spiro atoms. The van der Waals surface area contributed by atoms with Crippen LogP contribution in [0.25, 0.3) is 0 Å². The fourth-order valence-electron chi connectivity index (χ4n) is 3.65. The van der Waals surface area contributed by atoms with Crippen molar-refractivity contribution < 1.29 is 0 Å². The van der Waals surface area contributed by atoms with Gasteiger partial charge in [-0.15, -0.1) is 0 Å². The van der Waals surface area contributed by atoms with E-state index in [1.165, 1.54) is 45.3 Å². The SMILES string of the molecule is CNC1CCN(CC2CCCC2C)CC1C. The fraction of sp³-hybridized carbons (Fsp3) is 1.00. The summed E-state index contributed by atoms with van der Waals surface area (Å²) in [6.07, 6.45) is 5.74. The van der Waals surface area contributed by atoms with Crippen LogP contribution >= 0.6 is 0 Å². The van der Waals surface area contributed by atoms with E-state index in [1.807, 2.05) is 0 Å². The lowest BCUT2D eigenvalue weighted by Crippen LogP contribution is -2.48. The van der Waals surface area contributed by atoms with Gasteiger partial charge in [0.1, 0.15) is 0 Å². The van der Waals surface area contributed by atoms with Crippen molar-refractivity contribution >= 4 is 0 Å². The average molecular weight is 224 g/mol. The third-order valence-electron chi connectivity index (χ3n) is 4.89. The zero-order valence-corrected chi connectivity index (χ0v) is 11.2. The Kier molecular flexibility index (Phi) is 4.26. The first kappa shape index (κ1) is 12.4. The molecule has 1 aliphatic carbocycles. The second-order valence-electron chi connectivity index (χ2n) is 6.09. The van der Waals surface area contributed by atoms with Crippen molar-refractivity contribution in [3.63, 3.8) is 0 Å². The van der Waals surface area contributed by atoms with E-state index in [0.29, 0.717) is 0 Å². The maximum Gasteiger partial charge on any atom is 0.0114 e. The summed E-state index contributed by atoms with van der Waals surface area (Å²) in [4.78, 5) is 2.71. The van der Waals surface area contributed by atoms with Gasteiger partial charge >= 0.3 is 0 Å². The van der Waals surface area contributed by atoms with Crippen LogP contribution in [0, 0.1) is 17.8 Å². The van der Waals surface area contributed by atoms with Gasteiger partial charge in [-0.25, -0.2) is 0 Å². The number of piperidine rings is 1. The first-order valence-electron chi connectivity index (χ1n) is 7.10. The Bertz CT molecular complexity index is 217. The van der Waals surface area contributed by atoms with Crippen LogP contribution in [0.4, 0.5) is 0 Å². The van der Waals surface area contributed by atoms with Gasteiger partial charge in [0.25, 0.3) is 0 Å². The van der Waals surface area contributed by atoms with Gasteiger partial charge in [-0.2, -0.15) is 0 Å². The van der Waals surface area contributed by atoms with Crippen LogP contribution in [0.3, 0.4) is 0 Å². The van der Waals surface area contributed by atoms with Crippen molar-refractivity contribution in [2.24, 2.45) is 17.8 Å². The number of hydrogen-bond acceptors (Lipinski definition) is 2. The minimum atomic E-state index is 0.747. The molecule has 1 saturated heterocycles. The number of rotatable bonds is 3. The van der Waals surface area contributed by atoms with Gasteiger partial charge in [0.05, 0.1) is 0 Å². The molecule has 1 saturated carbocycles. The molecule has 1 heterocycles. The summed E-state index contributed by atoms with van der Waals surface area (Å²) in [5.41, 5.74) is 0. The quantitative estimate of drug-likeness (QED) is 0.791. The molecule has 4 unspecified atom stereocenters. The van der Waals surface area contributed by atoms with Gasteiger partial charge in [0.15, 0.2) is 0 Å². The Morgan fingerprint density at radius 1 is 1.12 bits per heavy atom. The van der Waals surface area contributed by atoms with E-state index in [2.05, 4.69) is 31.1 Å². The van der Waals surface area contributed by atoms with E-state index >= 15 is 0 Å². The molecule has 2 heteroatoms. The van der Waals surface area contributed by atoms with E-state index in [-0.39, 0.29) is 0 Å². The summed E-state index contributed by atoms with van der Waals surface area (Å²) < 4.78 is 0. The molecule has 0 aromatic rings. The van der Waals surface area contributed by atoms with Crippen LogP contribution < -0.4 is 5.32 Å². The van der Waals surface area contributed by atoms with Gasteiger partial charge in [-0.05, 0) is 44.2 Å². The molecule has 0 amide bonds. The monoisotopic (exact) mass is 224 g/mol. The van der Waals surface area contributed by atoms with Crippen molar-refractivity contribution in [2.45, 2.75) is 45.6 Å². The van der Waals surface area contributed by atoms with Gasteiger partial charge in [-0.1, -0.05) is 26.7 Å². The zero-order chi connectivity index (χ0) is 11.5. The predicted octanol–water partition coefficient (Wildman–Crippen LogP) is 2.35.